The van der Waals surface area contributed by atoms with Crippen LogP contribution in [0.15, 0.2) is 12.2 Å². The lowest BCUT2D eigenvalue weighted by molar-refractivity contribution is -0.150. The molecule has 27 heavy (non-hydrogen) atoms. The Labute approximate surface area is 159 Å². The number of esters is 1. The van der Waals surface area contributed by atoms with Crippen LogP contribution < -0.4 is 11.1 Å². The van der Waals surface area contributed by atoms with Crippen LogP contribution in [-0.4, -0.2) is 66.7 Å². The summed E-state index contributed by atoms with van der Waals surface area (Å²) in [7, 11) is 0. The molecule has 0 bridgehead atoms. The summed E-state index contributed by atoms with van der Waals surface area (Å²) < 4.78 is 10.7. The van der Waals surface area contributed by atoms with Gasteiger partial charge < -0.3 is 25.4 Å². The van der Waals surface area contributed by atoms with E-state index in [0.717, 1.165) is 19.3 Å². The molecule has 8 nitrogen and oxygen atoms in total. The van der Waals surface area contributed by atoms with Gasteiger partial charge in [0.25, 0.3) is 0 Å². The number of allylic oxidation sites excluding steroid dienone is 1. The van der Waals surface area contributed by atoms with Crippen LogP contribution in [0, 0.1) is 5.92 Å². The van der Waals surface area contributed by atoms with Crippen molar-refractivity contribution in [2.45, 2.75) is 56.7 Å². The fourth-order valence-electron chi connectivity index (χ4n) is 3.87. The second-order valence-corrected chi connectivity index (χ2v) is 7.43. The third-order valence-electron chi connectivity index (χ3n) is 5.48. The Morgan fingerprint density at radius 2 is 2.26 bits per heavy atom. The third kappa shape index (κ3) is 4.16. The Kier molecular flexibility index (Phi) is 6.16. The molecule has 2 fully saturated rings. The number of nitrogens with one attached hydrogen (secondary N) is 1. The molecule has 2 amide bonds. The van der Waals surface area contributed by atoms with Gasteiger partial charge in [-0.05, 0) is 39.0 Å². The molecular formula is C19H29N3O5. The Hall–Kier alpha value is -1.93. The predicted octanol–water partition coefficient (Wildman–Crippen LogP) is 0.109. The second kappa shape index (κ2) is 8.39. The first kappa shape index (κ1) is 19.8. The minimum Gasteiger partial charge on any atom is -0.464 e. The van der Waals surface area contributed by atoms with Crippen LogP contribution in [0.25, 0.3) is 0 Å². The van der Waals surface area contributed by atoms with Crippen molar-refractivity contribution in [3.05, 3.63) is 12.2 Å². The maximum atomic E-state index is 12.9. The zero-order valence-electron chi connectivity index (χ0n) is 15.8. The number of fused-ring (bicyclic) bond motifs is 2. The first-order chi connectivity index (χ1) is 13.0. The van der Waals surface area contributed by atoms with E-state index in [4.69, 9.17) is 15.2 Å². The largest absolute Gasteiger partial charge is 0.464 e. The lowest BCUT2D eigenvalue weighted by Crippen LogP contribution is -2.56. The first-order valence-electron chi connectivity index (χ1n) is 9.79. The van der Waals surface area contributed by atoms with E-state index < -0.39 is 23.6 Å². The summed E-state index contributed by atoms with van der Waals surface area (Å²) in [6.07, 6.45) is 7.38. The molecule has 3 aliphatic rings. The van der Waals surface area contributed by atoms with Crippen LogP contribution in [0.5, 0.6) is 0 Å². The van der Waals surface area contributed by atoms with Crippen LogP contribution in [0.3, 0.4) is 0 Å². The van der Waals surface area contributed by atoms with E-state index in [0.29, 0.717) is 26.0 Å². The van der Waals surface area contributed by atoms with E-state index in [1.807, 2.05) is 12.2 Å². The normalized spacial score (nSPS) is 35.9. The molecule has 0 unspecified atom stereocenters. The number of nitrogens with zero attached hydrogens (tertiary/aromatic N) is 1. The van der Waals surface area contributed by atoms with Gasteiger partial charge in [0.1, 0.15) is 17.6 Å². The van der Waals surface area contributed by atoms with Crippen molar-refractivity contribution in [2.75, 3.05) is 26.4 Å². The lowest BCUT2D eigenvalue weighted by atomic mass is 10.1. The summed E-state index contributed by atoms with van der Waals surface area (Å²) in [5.74, 6) is -1.08. The Morgan fingerprint density at radius 3 is 3.04 bits per heavy atom. The third-order valence-corrected chi connectivity index (χ3v) is 5.48. The zero-order valence-corrected chi connectivity index (χ0v) is 15.8. The summed E-state index contributed by atoms with van der Waals surface area (Å²) in [6, 6.07) is -1.39. The molecule has 8 heteroatoms. The first-order valence-corrected chi connectivity index (χ1v) is 9.79. The highest BCUT2D eigenvalue weighted by Crippen LogP contribution is 2.46. The Morgan fingerprint density at radius 1 is 1.44 bits per heavy atom. The number of ether oxygens (including phenoxy) is 2. The molecule has 1 saturated heterocycles. The molecule has 3 N–H and O–H groups in total. The second-order valence-electron chi connectivity index (χ2n) is 7.43. The summed E-state index contributed by atoms with van der Waals surface area (Å²) in [5, 5.41) is 2.90. The van der Waals surface area contributed by atoms with Crippen LogP contribution in [0.2, 0.25) is 0 Å². The fourth-order valence-corrected chi connectivity index (χ4v) is 3.87. The minimum atomic E-state index is -1.01. The van der Waals surface area contributed by atoms with E-state index >= 15 is 0 Å². The monoisotopic (exact) mass is 379 g/mol. The molecule has 4 atom stereocenters. The molecule has 1 saturated carbocycles. The Bertz CT molecular complexity index is 622. The van der Waals surface area contributed by atoms with Crippen LogP contribution >= 0.6 is 0 Å². The zero-order chi connectivity index (χ0) is 19.4. The van der Waals surface area contributed by atoms with Crippen LogP contribution in [0.1, 0.15) is 39.0 Å². The highest BCUT2D eigenvalue weighted by atomic mass is 16.5. The van der Waals surface area contributed by atoms with E-state index in [1.165, 1.54) is 4.90 Å². The number of carbonyl (C=O) groups excluding carboxylic acids is 3. The maximum Gasteiger partial charge on any atom is 0.332 e. The number of hydrogen-bond donors (Lipinski definition) is 2. The number of hydrogen-bond acceptors (Lipinski definition) is 6. The molecule has 0 radical (unpaired) electrons. The minimum absolute atomic E-state index is 0.0839. The van der Waals surface area contributed by atoms with Gasteiger partial charge in [-0.1, -0.05) is 12.2 Å². The highest BCUT2D eigenvalue weighted by Gasteiger charge is 2.62. The van der Waals surface area contributed by atoms with Crippen molar-refractivity contribution in [3.8, 4) is 0 Å². The number of nitrogens with two attached hydrogens (primary N) is 1. The predicted molar refractivity (Wildman–Crippen MR) is 97.5 cm³/mol. The molecular weight excluding hydrogens is 350 g/mol. The van der Waals surface area contributed by atoms with E-state index in [2.05, 4.69) is 5.32 Å². The number of rotatable bonds is 2. The molecule has 0 aromatic heterocycles. The van der Waals surface area contributed by atoms with Gasteiger partial charge in [-0.15, -0.1) is 0 Å². The van der Waals surface area contributed by atoms with E-state index in [-0.39, 0.29) is 30.9 Å². The number of amides is 2. The molecule has 0 aromatic carbocycles. The SMILES string of the molecule is CCOC(=O)[C@@]12C[C@H]1/C=C\CCCOC[C@H](N)C(=O)N1CCC[C@H]1C(=O)N2. The lowest BCUT2D eigenvalue weighted by Gasteiger charge is -2.28. The summed E-state index contributed by atoms with van der Waals surface area (Å²) in [6.45, 7) is 3.14. The highest BCUT2D eigenvalue weighted by molar-refractivity contribution is 5.96. The fraction of sp³-hybridized carbons (Fsp3) is 0.737. The molecule has 3 rings (SSSR count). The average Bonchev–Trinajstić information content (AvgIpc) is 3.12. The van der Waals surface area contributed by atoms with Gasteiger partial charge in [-0.3, -0.25) is 9.59 Å². The van der Waals surface area contributed by atoms with Gasteiger partial charge in [0.2, 0.25) is 11.8 Å². The van der Waals surface area contributed by atoms with Gasteiger partial charge in [-0.2, -0.15) is 0 Å². The average molecular weight is 379 g/mol. The van der Waals surface area contributed by atoms with Gasteiger partial charge >= 0.3 is 5.97 Å². The molecule has 1 aliphatic carbocycles. The standard InChI is InChI=1S/C19H29N3O5/c1-2-27-18(25)19-11-13(19)7-4-3-5-10-26-12-14(20)17(24)22-9-6-8-15(22)16(23)21-19/h4,7,13-15H,2-3,5-6,8-12,20H2,1H3,(H,21,23)/b7-4-/t13-,14+,15+,19-/m1/s1. The molecule has 0 spiro atoms. The number of carbonyl (C=O) groups is 3. The van der Waals surface area contributed by atoms with Gasteiger partial charge in [0.05, 0.1) is 13.2 Å². The molecule has 0 aromatic rings. The van der Waals surface area contributed by atoms with Gasteiger partial charge in [0, 0.05) is 19.1 Å². The van der Waals surface area contributed by atoms with E-state index in [1.54, 1.807) is 6.92 Å². The maximum absolute atomic E-state index is 12.9. The van der Waals surface area contributed by atoms with Crippen molar-refractivity contribution in [1.82, 2.24) is 10.2 Å². The van der Waals surface area contributed by atoms with Crippen LogP contribution in [0.4, 0.5) is 0 Å². The van der Waals surface area contributed by atoms with Crippen molar-refractivity contribution in [3.63, 3.8) is 0 Å². The van der Waals surface area contributed by atoms with Gasteiger partial charge in [-0.25, -0.2) is 4.79 Å². The molecule has 2 aliphatic heterocycles. The summed E-state index contributed by atoms with van der Waals surface area (Å²) in [5.41, 5.74) is 4.96. The summed E-state index contributed by atoms with van der Waals surface area (Å²) >= 11 is 0. The quantitative estimate of drug-likeness (QED) is 0.520. The smallest absolute Gasteiger partial charge is 0.332 e. The molecule has 2 heterocycles. The van der Waals surface area contributed by atoms with Crippen molar-refractivity contribution in [2.24, 2.45) is 11.7 Å². The molecule has 150 valence electrons. The van der Waals surface area contributed by atoms with E-state index in [9.17, 15) is 14.4 Å². The van der Waals surface area contributed by atoms with Gasteiger partial charge in [0.15, 0.2) is 0 Å². The Balaban J connectivity index is 1.81. The van der Waals surface area contributed by atoms with Crippen molar-refractivity contribution in [1.29, 1.82) is 0 Å². The van der Waals surface area contributed by atoms with Crippen molar-refractivity contribution < 1.29 is 23.9 Å². The summed E-state index contributed by atoms with van der Waals surface area (Å²) in [4.78, 5) is 39.6. The van der Waals surface area contributed by atoms with Crippen LogP contribution in [-0.2, 0) is 23.9 Å². The topological polar surface area (TPSA) is 111 Å². The van der Waals surface area contributed by atoms with Crippen molar-refractivity contribution >= 4 is 17.8 Å².